The standard InChI is InChI=1S/C15H28FN.C15H29N.C13H23F2N.C13H25N/c1-12(2)15(13(3)4)7-9-17(10-8-15)11-14(16)5-6-14;1-12(2)15(13(3)4)7-9-16(10-8-15)11-14-5-6-14;1-10(2)13(11(3)4)5-7-16(8-6-13)9-12(14)15;1-6-14-9-7-13(8-10-14,11(2)3)12(4)5/h12-13H,5-11H2,1-4H3;12-14H,5-11H2,1-4H3;9-11H,5-8H2,1-4H3;6,11-12H,1,7-10H2,2-5H3. The first kappa shape index (κ1) is 56.1. The van der Waals surface area contributed by atoms with Crippen molar-refractivity contribution in [3.05, 3.63) is 25.1 Å². The second-order valence-electron chi connectivity index (χ2n) is 24.5. The van der Waals surface area contributed by atoms with Gasteiger partial charge in [0.2, 0.25) is 0 Å². The summed E-state index contributed by atoms with van der Waals surface area (Å²) < 4.78 is 38.0. The summed E-state index contributed by atoms with van der Waals surface area (Å²) in [4.78, 5) is 9.18. The number of rotatable bonds is 14. The van der Waals surface area contributed by atoms with E-state index in [1.807, 2.05) is 6.20 Å². The number of hydrogen-bond acceptors (Lipinski definition) is 4. The van der Waals surface area contributed by atoms with Crippen molar-refractivity contribution in [2.75, 3.05) is 65.4 Å². The summed E-state index contributed by atoms with van der Waals surface area (Å²) in [6.45, 7) is 52.4. The van der Waals surface area contributed by atoms with Crippen molar-refractivity contribution in [2.45, 2.75) is 193 Å². The van der Waals surface area contributed by atoms with Gasteiger partial charge in [0.25, 0.3) is 6.08 Å². The molecule has 0 bridgehead atoms. The highest BCUT2D eigenvalue weighted by Gasteiger charge is 2.47. The van der Waals surface area contributed by atoms with Crippen LogP contribution in [0.15, 0.2) is 25.1 Å². The van der Waals surface area contributed by atoms with Gasteiger partial charge in [-0.05, 0) is 184 Å². The van der Waals surface area contributed by atoms with Gasteiger partial charge in [-0.25, -0.2) is 4.39 Å². The molecule has 0 spiro atoms. The number of alkyl halides is 1. The zero-order valence-corrected chi connectivity index (χ0v) is 44.5. The summed E-state index contributed by atoms with van der Waals surface area (Å²) in [6, 6.07) is 0. The van der Waals surface area contributed by atoms with Gasteiger partial charge in [0.15, 0.2) is 0 Å². The van der Waals surface area contributed by atoms with E-state index >= 15 is 0 Å². The molecule has 0 radical (unpaired) electrons. The van der Waals surface area contributed by atoms with Crippen LogP contribution in [0.25, 0.3) is 0 Å². The van der Waals surface area contributed by atoms with Gasteiger partial charge in [-0.2, -0.15) is 8.78 Å². The van der Waals surface area contributed by atoms with Gasteiger partial charge >= 0.3 is 0 Å². The first-order valence-electron chi connectivity index (χ1n) is 26.6. The minimum Gasteiger partial charge on any atom is -0.378 e. The number of piperidine rings is 4. The topological polar surface area (TPSA) is 13.0 Å². The molecule has 0 amide bonds. The lowest BCUT2D eigenvalue weighted by molar-refractivity contribution is 0.00976. The average Bonchev–Trinajstić information content (AvgIpc) is 4.17. The lowest BCUT2D eigenvalue weighted by Gasteiger charge is -2.48. The van der Waals surface area contributed by atoms with E-state index in [1.54, 1.807) is 4.90 Å². The number of likely N-dealkylation sites (tertiary alicyclic amines) is 4. The molecule has 0 aromatic carbocycles. The smallest absolute Gasteiger partial charge is 0.286 e. The molecule has 4 heterocycles. The first-order chi connectivity index (χ1) is 29.3. The van der Waals surface area contributed by atoms with E-state index < -0.39 is 11.7 Å². The Bertz CT molecular complexity index is 1280. The summed E-state index contributed by atoms with van der Waals surface area (Å²) in [5.74, 6) is 7.07. The monoisotopic (exact) mass is 891 g/mol. The summed E-state index contributed by atoms with van der Waals surface area (Å²) in [5.41, 5.74) is 1.20. The van der Waals surface area contributed by atoms with Gasteiger partial charge in [0.1, 0.15) is 5.67 Å². The van der Waals surface area contributed by atoms with Crippen LogP contribution >= 0.6 is 0 Å². The van der Waals surface area contributed by atoms with Gasteiger partial charge in [-0.3, -0.25) is 0 Å². The largest absolute Gasteiger partial charge is 0.378 e. The van der Waals surface area contributed by atoms with E-state index in [9.17, 15) is 13.2 Å². The van der Waals surface area contributed by atoms with Crippen LogP contribution in [0.3, 0.4) is 0 Å². The van der Waals surface area contributed by atoms with Crippen LogP contribution in [0.2, 0.25) is 0 Å². The molecule has 370 valence electrons. The van der Waals surface area contributed by atoms with Crippen molar-refractivity contribution < 1.29 is 13.2 Å². The third kappa shape index (κ3) is 15.1. The second kappa shape index (κ2) is 24.2. The summed E-state index contributed by atoms with van der Waals surface area (Å²) in [5, 5.41) is 0. The first-order valence-corrected chi connectivity index (χ1v) is 26.6. The minimum absolute atomic E-state index is 0.330. The maximum Gasteiger partial charge on any atom is 0.286 e. The van der Waals surface area contributed by atoms with Crippen LogP contribution in [-0.2, 0) is 0 Å². The highest BCUT2D eigenvalue weighted by Crippen LogP contribution is 2.49. The van der Waals surface area contributed by atoms with Crippen molar-refractivity contribution in [3.8, 4) is 0 Å². The van der Waals surface area contributed by atoms with E-state index in [0.29, 0.717) is 40.0 Å². The maximum atomic E-state index is 13.8. The SMILES string of the molecule is C=CN1CCC(C(C)C)(C(C)C)CC1.CC(C)C1(C(C)C)CCN(C=C(F)F)CC1.CC(C)C1(C(C)C)CCN(CC2(F)CC2)CC1.CC(C)C1(C(C)C)CCN(CC2CC2)CC1. The Morgan fingerprint density at radius 1 is 0.460 bits per heavy atom. The molecule has 0 N–H and O–H groups in total. The molecule has 6 rings (SSSR count). The van der Waals surface area contributed by atoms with Crippen molar-refractivity contribution in [3.63, 3.8) is 0 Å². The van der Waals surface area contributed by atoms with E-state index in [1.165, 1.54) is 84.1 Å². The zero-order chi connectivity index (χ0) is 47.6. The molecule has 6 fully saturated rings. The molecule has 0 unspecified atom stereocenters. The van der Waals surface area contributed by atoms with Crippen molar-refractivity contribution in [1.29, 1.82) is 0 Å². The van der Waals surface area contributed by atoms with Crippen LogP contribution in [0.4, 0.5) is 13.2 Å². The van der Waals surface area contributed by atoms with E-state index in [0.717, 1.165) is 99.5 Å². The van der Waals surface area contributed by atoms with Crippen molar-refractivity contribution in [2.24, 2.45) is 74.9 Å². The lowest BCUT2D eigenvalue weighted by atomic mass is 9.63. The Kier molecular flexibility index (Phi) is 21.5. The van der Waals surface area contributed by atoms with E-state index in [2.05, 4.69) is 132 Å². The third-order valence-corrected chi connectivity index (χ3v) is 19.3. The van der Waals surface area contributed by atoms with Gasteiger partial charge in [-0.15, -0.1) is 0 Å². The number of halogens is 3. The molecule has 2 saturated carbocycles. The average molecular weight is 891 g/mol. The summed E-state index contributed by atoms with van der Waals surface area (Å²) in [6.07, 6.45) is 16.0. The Balaban J connectivity index is 0.000000224. The van der Waals surface area contributed by atoms with E-state index in [-0.39, 0.29) is 0 Å². The highest BCUT2D eigenvalue weighted by atomic mass is 19.3. The van der Waals surface area contributed by atoms with Crippen LogP contribution in [0, 0.1) is 74.9 Å². The van der Waals surface area contributed by atoms with Gasteiger partial charge in [0.05, 0.1) is 6.20 Å². The van der Waals surface area contributed by atoms with Crippen LogP contribution in [0.1, 0.15) is 188 Å². The number of hydrogen-bond donors (Lipinski definition) is 0. The molecule has 2 aliphatic carbocycles. The molecule has 4 aliphatic heterocycles. The molecule has 0 aromatic heterocycles. The number of nitrogens with zero attached hydrogens (tertiary/aromatic N) is 4. The third-order valence-electron chi connectivity index (χ3n) is 19.3. The fourth-order valence-electron chi connectivity index (χ4n) is 13.3. The predicted molar refractivity (Wildman–Crippen MR) is 268 cm³/mol. The van der Waals surface area contributed by atoms with E-state index in [4.69, 9.17) is 0 Å². The second-order valence-corrected chi connectivity index (χ2v) is 24.5. The maximum absolute atomic E-state index is 13.8. The molecule has 0 atom stereocenters. The molecule has 63 heavy (non-hydrogen) atoms. The lowest BCUT2D eigenvalue weighted by Crippen LogP contribution is -2.47. The minimum atomic E-state index is -1.58. The van der Waals surface area contributed by atoms with Gasteiger partial charge in [0, 0.05) is 39.3 Å². The molecule has 6 aliphatic rings. The fourth-order valence-corrected chi connectivity index (χ4v) is 13.3. The quantitative estimate of drug-likeness (QED) is 0.172. The van der Waals surface area contributed by atoms with Gasteiger partial charge in [-0.1, -0.05) is 117 Å². The summed E-state index contributed by atoms with van der Waals surface area (Å²) >= 11 is 0. The van der Waals surface area contributed by atoms with Crippen LogP contribution in [0.5, 0.6) is 0 Å². The highest BCUT2D eigenvalue weighted by molar-refractivity contribution is 5.00. The Morgan fingerprint density at radius 3 is 1.00 bits per heavy atom. The fraction of sp³-hybridized carbons (Fsp3) is 0.929. The zero-order valence-electron chi connectivity index (χ0n) is 44.5. The van der Waals surface area contributed by atoms with Crippen LogP contribution < -0.4 is 0 Å². The van der Waals surface area contributed by atoms with Crippen molar-refractivity contribution in [1.82, 2.24) is 19.6 Å². The molecular weight excluding hydrogens is 786 g/mol. The Morgan fingerprint density at radius 2 is 0.746 bits per heavy atom. The predicted octanol–water partition coefficient (Wildman–Crippen LogP) is 15.3. The Labute approximate surface area is 390 Å². The molecule has 7 heteroatoms. The molecule has 4 saturated heterocycles. The van der Waals surface area contributed by atoms with Crippen LogP contribution in [-0.4, -0.2) is 90.7 Å². The summed E-state index contributed by atoms with van der Waals surface area (Å²) in [7, 11) is 0. The van der Waals surface area contributed by atoms with Crippen molar-refractivity contribution >= 4 is 0 Å². The van der Waals surface area contributed by atoms with Gasteiger partial charge < -0.3 is 19.6 Å². The molecule has 0 aromatic rings. The normalized spacial score (nSPS) is 24.2. The molecular formula is C56H105F3N4. The Hall–Kier alpha value is -1.21. The molecule has 4 nitrogen and oxygen atoms in total.